The summed E-state index contributed by atoms with van der Waals surface area (Å²) in [5.41, 5.74) is 4.22. The number of rotatable bonds is 5. The van der Waals surface area contributed by atoms with Crippen LogP contribution >= 0.6 is 0 Å². The van der Waals surface area contributed by atoms with E-state index >= 15 is 0 Å². The topological polar surface area (TPSA) is 52.6 Å². The number of phenolic OH excluding ortho intramolecular Hbond substituents is 1. The van der Waals surface area contributed by atoms with Crippen molar-refractivity contribution in [3.63, 3.8) is 0 Å². The number of aromatic hydroxyl groups is 1. The lowest BCUT2D eigenvalue weighted by Crippen LogP contribution is -2.41. The smallest absolute Gasteiger partial charge is 0.234 e. The van der Waals surface area contributed by atoms with Gasteiger partial charge in [0.05, 0.1) is 12.6 Å². The van der Waals surface area contributed by atoms with Gasteiger partial charge in [-0.15, -0.1) is 0 Å². The van der Waals surface area contributed by atoms with Crippen molar-refractivity contribution in [2.45, 2.75) is 19.0 Å². The van der Waals surface area contributed by atoms with Gasteiger partial charge in [0.1, 0.15) is 5.75 Å². The molecule has 3 aromatic rings. The van der Waals surface area contributed by atoms with Gasteiger partial charge in [-0.2, -0.15) is 0 Å². The number of carbonyl (C=O) groups is 1. The van der Waals surface area contributed by atoms with Crippen molar-refractivity contribution in [1.82, 2.24) is 10.2 Å². The second kappa shape index (κ2) is 8.28. The van der Waals surface area contributed by atoms with Gasteiger partial charge in [0.2, 0.25) is 5.91 Å². The average molecular weight is 372 g/mol. The van der Waals surface area contributed by atoms with Gasteiger partial charge in [0, 0.05) is 18.7 Å². The maximum Gasteiger partial charge on any atom is 0.234 e. The van der Waals surface area contributed by atoms with Gasteiger partial charge in [0.15, 0.2) is 0 Å². The molecule has 2 N–H and O–H groups in total. The first-order valence-corrected chi connectivity index (χ1v) is 9.62. The van der Waals surface area contributed by atoms with Crippen molar-refractivity contribution in [3.05, 3.63) is 101 Å². The number of carbonyl (C=O) groups excluding carboxylic acids is 1. The zero-order valence-electron chi connectivity index (χ0n) is 15.7. The minimum atomic E-state index is -0.180. The Labute approximate surface area is 165 Å². The molecule has 4 heteroatoms. The number of nitrogens with zero attached hydrogens (tertiary/aromatic N) is 1. The van der Waals surface area contributed by atoms with E-state index in [0.29, 0.717) is 18.8 Å². The fraction of sp³-hybridized carbons (Fsp3) is 0.208. The maximum absolute atomic E-state index is 12.8. The molecule has 0 saturated carbocycles. The molecule has 3 aromatic carbocycles. The molecular formula is C24H24N2O2. The van der Waals surface area contributed by atoms with E-state index in [2.05, 4.69) is 10.2 Å². The minimum Gasteiger partial charge on any atom is -0.508 e. The molecule has 1 aliphatic rings. The molecule has 142 valence electrons. The average Bonchev–Trinajstić information content (AvgIpc) is 2.74. The van der Waals surface area contributed by atoms with Crippen LogP contribution in [0.5, 0.6) is 5.75 Å². The molecule has 1 aliphatic heterocycles. The Morgan fingerprint density at radius 2 is 1.57 bits per heavy atom. The number of phenols is 1. The second-order valence-corrected chi connectivity index (χ2v) is 7.20. The van der Waals surface area contributed by atoms with Gasteiger partial charge in [-0.3, -0.25) is 9.69 Å². The highest BCUT2D eigenvalue weighted by molar-refractivity contribution is 5.79. The zero-order chi connectivity index (χ0) is 19.3. The van der Waals surface area contributed by atoms with E-state index < -0.39 is 0 Å². The van der Waals surface area contributed by atoms with Crippen molar-refractivity contribution in [2.75, 3.05) is 13.1 Å². The molecule has 0 aromatic heterocycles. The predicted octanol–water partition coefficient (Wildman–Crippen LogP) is 3.66. The van der Waals surface area contributed by atoms with Crippen LogP contribution in [-0.2, 0) is 17.8 Å². The molecule has 0 radical (unpaired) electrons. The molecule has 0 fully saturated rings. The van der Waals surface area contributed by atoms with Crippen LogP contribution in [0, 0.1) is 0 Å². The summed E-state index contributed by atoms with van der Waals surface area (Å²) in [5, 5.41) is 13.3. The third-order valence-corrected chi connectivity index (χ3v) is 5.27. The third kappa shape index (κ3) is 4.07. The fourth-order valence-corrected chi connectivity index (χ4v) is 3.81. The monoisotopic (exact) mass is 372 g/mol. The van der Waals surface area contributed by atoms with E-state index in [1.807, 2.05) is 72.8 Å². The van der Waals surface area contributed by atoms with Crippen LogP contribution in [0.3, 0.4) is 0 Å². The predicted molar refractivity (Wildman–Crippen MR) is 110 cm³/mol. The highest BCUT2D eigenvalue weighted by Crippen LogP contribution is 2.27. The van der Waals surface area contributed by atoms with E-state index in [9.17, 15) is 9.90 Å². The normalized spacial score (nSPS) is 13.9. The summed E-state index contributed by atoms with van der Waals surface area (Å²) < 4.78 is 0. The van der Waals surface area contributed by atoms with Crippen molar-refractivity contribution >= 4 is 5.91 Å². The molecule has 0 atom stereocenters. The van der Waals surface area contributed by atoms with Gasteiger partial charge in [-0.05, 0) is 29.2 Å². The summed E-state index contributed by atoms with van der Waals surface area (Å²) in [5.74, 6) is 0.297. The lowest BCUT2D eigenvalue weighted by molar-refractivity contribution is -0.123. The van der Waals surface area contributed by atoms with Crippen LogP contribution in [0.1, 0.15) is 28.3 Å². The molecule has 1 amide bonds. The van der Waals surface area contributed by atoms with E-state index in [0.717, 1.165) is 29.7 Å². The van der Waals surface area contributed by atoms with E-state index in [-0.39, 0.29) is 11.9 Å². The minimum absolute atomic E-state index is 0.0171. The lowest BCUT2D eigenvalue weighted by Gasteiger charge is -2.29. The summed E-state index contributed by atoms with van der Waals surface area (Å²) in [6.45, 7) is 1.71. The number of benzene rings is 3. The van der Waals surface area contributed by atoms with Crippen LogP contribution in [0.15, 0.2) is 78.9 Å². The first-order valence-electron chi connectivity index (χ1n) is 9.62. The summed E-state index contributed by atoms with van der Waals surface area (Å²) in [4.78, 5) is 14.9. The van der Waals surface area contributed by atoms with Crippen LogP contribution < -0.4 is 5.32 Å². The van der Waals surface area contributed by atoms with E-state index in [1.54, 1.807) is 6.07 Å². The Morgan fingerprint density at radius 1 is 0.929 bits per heavy atom. The molecule has 4 nitrogen and oxygen atoms in total. The van der Waals surface area contributed by atoms with Gasteiger partial charge >= 0.3 is 0 Å². The second-order valence-electron chi connectivity index (χ2n) is 7.20. The number of hydrogen-bond donors (Lipinski definition) is 2. The SMILES string of the molecule is O=C(CN1CCc2cccc(O)c2C1)NC(c1ccccc1)c1ccccc1. The van der Waals surface area contributed by atoms with Gasteiger partial charge in [-0.25, -0.2) is 0 Å². The molecule has 0 bridgehead atoms. The molecule has 1 heterocycles. The van der Waals surface area contributed by atoms with Crippen LogP contribution in [-0.4, -0.2) is 29.0 Å². The molecule has 0 aliphatic carbocycles. The first kappa shape index (κ1) is 18.3. The van der Waals surface area contributed by atoms with Crippen molar-refractivity contribution in [2.24, 2.45) is 0 Å². The highest BCUT2D eigenvalue weighted by atomic mass is 16.3. The lowest BCUT2D eigenvalue weighted by atomic mass is 9.98. The van der Waals surface area contributed by atoms with Crippen LogP contribution in [0.25, 0.3) is 0 Å². The number of fused-ring (bicyclic) bond motifs is 1. The first-order chi connectivity index (χ1) is 13.7. The number of amides is 1. The van der Waals surface area contributed by atoms with Crippen molar-refractivity contribution < 1.29 is 9.90 Å². The molecule has 0 spiro atoms. The molecule has 0 saturated heterocycles. The Morgan fingerprint density at radius 3 is 2.21 bits per heavy atom. The van der Waals surface area contributed by atoms with Gasteiger partial charge in [0.25, 0.3) is 0 Å². The summed E-state index contributed by atoms with van der Waals surface area (Å²) >= 11 is 0. The quantitative estimate of drug-likeness (QED) is 0.719. The Balaban J connectivity index is 1.48. The number of hydrogen-bond acceptors (Lipinski definition) is 3. The summed E-state index contributed by atoms with van der Waals surface area (Å²) in [6, 6.07) is 25.5. The largest absolute Gasteiger partial charge is 0.508 e. The van der Waals surface area contributed by atoms with Gasteiger partial charge < -0.3 is 10.4 Å². The standard InChI is InChI=1S/C24H24N2O2/c27-22-13-7-12-18-14-15-26(16-21(18)22)17-23(28)25-24(19-8-3-1-4-9-19)20-10-5-2-6-11-20/h1-13,24,27H,14-17H2,(H,25,28). The fourth-order valence-electron chi connectivity index (χ4n) is 3.81. The third-order valence-electron chi connectivity index (χ3n) is 5.27. The Bertz CT molecular complexity index is 902. The van der Waals surface area contributed by atoms with Crippen LogP contribution in [0.4, 0.5) is 0 Å². The van der Waals surface area contributed by atoms with Gasteiger partial charge in [-0.1, -0.05) is 72.8 Å². The molecule has 0 unspecified atom stereocenters. The molecule has 4 rings (SSSR count). The highest BCUT2D eigenvalue weighted by Gasteiger charge is 2.22. The Kier molecular flexibility index (Phi) is 5.40. The van der Waals surface area contributed by atoms with Crippen molar-refractivity contribution in [1.29, 1.82) is 0 Å². The maximum atomic E-state index is 12.8. The zero-order valence-corrected chi connectivity index (χ0v) is 15.7. The van der Waals surface area contributed by atoms with Crippen LogP contribution in [0.2, 0.25) is 0 Å². The Hall–Kier alpha value is -3.11. The summed E-state index contributed by atoms with van der Waals surface area (Å²) in [6.07, 6.45) is 0.845. The molecular weight excluding hydrogens is 348 g/mol. The molecule has 28 heavy (non-hydrogen) atoms. The van der Waals surface area contributed by atoms with E-state index in [1.165, 1.54) is 5.56 Å². The van der Waals surface area contributed by atoms with Crippen molar-refractivity contribution in [3.8, 4) is 5.75 Å². The van der Waals surface area contributed by atoms with E-state index in [4.69, 9.17) is 0 Å². The number of nitrogens with one attached hydrogen (secondary N) is 1. The summed E-state index contributed by atoms with van der Waals surface area (Å²) in [7, 11) is 0.